The third-order valence-corrected chi connectivity index (χ3v) is 2.58. The molecule has 0 aromatic carbocycles. The summed E-state index contributed by atoms with van der Waals surface area (Å²) in [4.78, 5) is 17.7. The van der Waals surface area contributed by atoms with Crippen LogP contribution in [0.4, 0.5) is 11.5 Å². The number of nitrogens with two attached hydrogens (primary N) is 1. The van der Waals surface area contributed by atoms with E-state index in [1.807, 2.05) is 6.92 Å². The maximum absolute atomic E-state index is 11.9. The van der Waals surface area contributed by atoms with E-state index in [0.717, 1.165) is 0 Å². The molecular formula is C13H18N4O2. The Hall–Kier alpha value is -2.29. The Kier molecular flexibility index (Phi) is 5.12. The molecule has 1 aromatic heterocycles. The number of pyridine rings is 1. The maximum atomic E-state index is 11.9. The van der Waals surface area contributed by atoms with E-state index in [9.17, 15) is 4.79 Å². The zero-order valence-corrected chi connectivity index (χ0v) is 11.4. The zero-order valence-electron chi connectivity index (χ0n) is 11.4. The highest BCUT2D eigenvalue weighted by molar-refractivity contribution is 5.96. The average molecular weight is 262 g/mol. The largest absolute Gasteiger partial charge is 0.462 e. The van der Waals surface area contributed by atoms with Gasteiger partial charge in [0.25, 0.3) is 0 Å². The molecule has 0 spiro atoms. The first kappa shape index (κ1) is 14.8. The molecule has 0 amide bonds. The molecule has 6 heteroatoms. The molecule has 0 aliphatic rings. The molecule has 0 radical (unpaired) electrons. The van der Waals surface area contributed by atoms with Crippen LogP contribution in [0.3, 0.4) is 0 Å². The molecule has 102 valence electrons. The van der Waals surface area contributed by atoms with Crippen LogP contribution in [-0.2, 0) is 4.74 Å². The van der Waals surface area contributed by atoms with Gasteiger partial charge >= 0.3 is 5.97 Å². The molecule has 0 saturated carbocycles. The Labute approximate surface area is 112 Å². The second-order valence-electron chi connectivity index (χ2n) is 4.26. The summed E-state index contributed by atoms with van der Waals surface area (Å²) in [5, 5.41) is 8.83. The van der Waals surface area contributed by atoms with Crippen molar-refractivity contribution < 1.29 is 9.53 Å². The highest BCUT2D eigenvalue weighted by Crippen LogP contribution is 2.22. The Balaban J connectivity index is 3.06. The van der Waals surface area contributed by atoms with Gasteiger partial charge in [-0.05, 0) is 19.9 Å². The van der Waals surface area contributed by atoms with E-state index in [0.29, 0.717) is 24.4 Å². The number of nitrogens with zero attached hydrogens (tertiary/aromatic N) is 3. The third-order valence-electron chi connectivity index (χ3n) is 2.58. The number of nitriles is 1. The van der Waals surface area contributed by atoms with Crippen LogP contribution < -0.4 is 10.6 Å². The number of nitrogen functional groups attached to an aromatic ring is 1. The van der Waals surface area contributed by atoms with Crippen molar-refractivity contribution in [3.05, 3.63) is 17.8 Å². The predicted molar refractivity (Wildman–Crippen MR) is 72.7 cm³/mol. The second-order valence-corrected chi connectivity index (χ2v) is 4.26. The number of esters is 1. The van der Waals surface area contributed by atoms with Gasteiger partial charge < -0.3 is 15.4 Å². The molecule has 1 aromatic rings. The van der Waals surface area contributed by atoms with Crippen LogP contribution in [0.2, 0.25) is 0 Å². The third kappa shape index (κ3) is 3.85. The Morgan fingerprint density at radius 2 is 2.37 bits per heavy atom. The van der Waals surface area contributed by atoms with Crippen molar-refractivity contribution in [2.24, 2.45) is 5.92 Å². The summed E-state index contributed by atoms with van der Waals surface area (Å²) in [7, 11) is 1.80. The fourth-order valence-electron chi connectivity index (χ4n) is 1.69. The number of hydrogen-bond acceptors (Lipinski definition) is 6. The van der Waals surface area contributed by atoms with Crippen LogP contribution in [-0.4, -0.2) is 31.2 Å². The molecule has 0 saturated heterocycles. The van der Waals surface area contributed by atoms with Crippen molar-refractivity contribution in [1.29, 1.82) is 5.26 Å². The Morgan fingerprint density at radius 3 is 2.95 bits per heavy atom. The fraction of sp³-hybridized carbons (Fsp3) is 0.462. The van der Waals surface area contributed by atoms with Gasteiger partial charge in [-0.3, -0.25) is 0 Å². The molecule has 1 rings (SSSR count). The topological polar surface area (TPSA) is 92.2 Å². The van der Waals surface area contributed by atoms with Crippen molar-refractivity contribution in [1.82, 2.24) is 4.98 Å². The normalized spacial score (nSPS) is 11.5. The van der Waals surface area contributed by atoms with Crippen molar-refractivity contribution in [2.75, 3.05) is 30.8 Å². The van der Waals surface area contributed by atoms with E-state index < -0.39 is 5.97 Å². The quantitative estimate of drug-likeness (QED) is 0.807. The number of rotatable bonds is 5. The van der Waals surface area contributed by atoms with Crippen LogP contribution >= 0.6 is 0 Å². The van der Waals surface area contributed by atoms with E-state index >= 15 is 0 Å². The number of carbonyl (C=O) groups excluding carboxylic acids is 1. The smallest absolute Gasteiger partial charge is 0.340 e. The van der Waals surface area contributed by atoms with Gasteiger partial charge in [-0.25, -0.2) is 9.78 Å². The maximum Gasteiger partial charge on any atom is 0.340 e. The van der Waals surface area contributed by atoms with Crippen LogP contribution in [0, 0.1) is 17.2 Å². The van der Waals surface area contributed by atoms with Gasteiger partial charge in [0, 0.05) is 13.6 Å². The SMILES string of the molecule is CCOC(=O)c1cc(N)ncc1N(C)CC(C)C#N. The van der Waals surface area contributed by atoms with Crippen molar-refractivity contribution in [2.45, 2.75) is 13.8 Å². The van der Waals surface area contributed by atoms with Crippen LogP contribution in [0.15, 0.2) is 12.3 Å². The molecule has 1 unspecified atom stereocenters. The van der Waals surface area contributed by atoms with Crippen LogP contribution in [0.5, 0.6) is 0 Å². The van der Waals surface area contributed by atoms with E-state index in [4.69, 9.17) is 15.7 Å². The van der Waals surface area contributed by atoms with E-state index in [2.05, 4.69) is 11.1 Å². The minimum atomic E-state index is -0.442. The number of ether oxygens (including phenoxy) is 1. The standard InChI is InChI=1S/C13H18N4O2/c1-4-19-13(18)10-5-12(15)16-7-11(10)17(3)8-9(2)6-14/h5,7,9H,4,8H2,1-3H3,(H2,15,16). The minimum absolute atomic E-state index is 0.155. The summed E-state index contributed by atoms with van der Waals surface area (Å²) >= 11 is 0. The van der Waals surface area contributed by atoms with Crippen LogP contribution in [0.25, 0.3) is 0 Å². The lowest BCUT2D eigenvalue weighted by molar-refractivity contribution is 0.0527. The van der Waals surface area contributed by atoms with Gasteiger partial charge in [0.2, 0.25) is 0 Å². The number of anilines is 2. The molecule has 0 aliphatic carbocycles. The fourth-order valence-corrected chi connectivity index (χ4v) is 1.69. The second kappa shape index (κ2) is 6.59. The van der Waals surface area contributed by atoms with Crippen LogP contribution in [0.1, 0.15) is 24.2 Å². The molecular weight excluding hydrogens is 244 g/mol. The molecule has 6 nitrogen and oxygen atoms in total. The molecule has 19 heavy (non-hydrogen) atoms. The van der Waals surface area contributed by atoms with Gasteiger partial charge in [-0.2, -0.15) is 5.26 Å². The number of hydrogen-bond donors (Lipinski definition) is 1. The monoisotopic (exact) mass is 262 g/mol. The van der Waals surface area contributed by atoms with E-state index in [1.54, 1.807) is 18.9 Å². The summed E-state index contributed by atoms with van der Waals surface area (Å²) in [6, 6.07) is 3.63. The van der Waals surface area contributed by atoms with Gasteiger partial charge in [0.15, 0.2) is 0 Å². The van der Waals surface area contributed by atoms with Crippen molar-refractivity contribution in [3.8, 4) is 6.07 Å². The highest BCUT2D eigenvalue weighted by Gasteiger charge is 2.18. The van der Waals surface area contributed by atoms with Gasteiger partial charge in [-0.1, -0.05) is 0 Å². The van der Waals surface area contributed by atoms with Gasteiger partial charge in [0.1, 0.15) is 5.82 Å². The zero-order chi connectivity index (χ0) is 14.4. The van der Waals surface area contributed by atoms with Crippen molar-refractivity contribution >= 4 is 17.5 Å². The summed E-state index contributed by atoms with van der Waals surface area (Å²) < 4.78 is 4.99. The molecule has 0 bridgehead atoms. The minimum Gasteiger partial charge on any atom is -0.462 e. The molecule has 0 fully saturated rings. The first-order chi connectivity index (χ1) is 8.99. The molecule has 2 N–H and O–H groups in total. The summed E-state index contributed by atoms with van der Waals surface area (Å²) in [5.74, 6) is -0.339. The van der Waals surface area contributed by atoms with E-state index in [1.165, 1.54) is 12.3 Å². The Bertz CT molecular complexity index is 496. The Morgan fingerprint density at radius 1 is 1.68 bits per heavy atom. The first-order valence-corrected chi connectivity index (χ1v) is 6.03. The number of carbonyl (C=O) groups is 1. The lowest BCUT2D eigenvalue weighted by Crippen LogP contribution is -2.25. The molecule has 1 atom stereocenters. The lowest BCUT2D eigenvalue weighted by Gasteiger charge is -2.22. The van der Waals surface area contributed by atoms with Crippen molar-refractivity contribution in [3.63, 3.8) is 0 Å². The van der Waals surface area contributed by atoms with Gasteiger partial charge in [-0.15, -0.1) is 0 Å². The van der Waals surface area contributed by atoms with E-state index in [-0.39, 0.29) is 11.7 Å². The molecule has 1 heterocycles. The predicted octanol–water partition coefficient (Wildman–Crippen LogP) is 1.44. The lowest BCUT2D eigenvalue weighted by atomic mass is 10.1. The first-order valence-electron chi connectivity index (χ1n) is 6.03. The average Bonchev–Trinajstić information content (AvgIpc) is 2.38. The van der Waals surface area contributed by atoms with Gasteiger partial charge in [0.05, 0.1) is 36.0 Å². The highest BCUT2D eigenvalue weighted by atomic mass is 16.5. The summed E-state index contributed by atoms with van der Waals surface area (Å²) in [6.45, 7) is 4.34. The molecule has 0 aliphatic heterocycles. The number of aromatic nitrogens is 1. The summed E-state index contributed by atoms with van der Waals surface area (Å²) in [6.07, 6.45) is 1.52. The summed E-state index contributed by atoms with van der Waals surface area (Å²) in [5.41, 5.74) is 6.57.